The Balaban J connectivity index is 2.03. The maximum absolute atomic E-state index is 5.81. The molecule has 0 atom stereocenters. The molecule has 0 saturated heterocycles. The molecule has 0 fully saturated rings. The zero-order valence-corrected chi connectivity index (χ0v) is 12.0. The predicted molar refractivity (Wildman–Crippen MR) is 82.5 cm³/mol. The van der Waals surface area contributed by atoms with Gasteiger partial charge in [0.2, 0.25) is 0 Å². The van der Waals surface area contributed by atoms with Crippen LogP contribution in [0.3, 0.4) is 0 Å². The van der Waals surface area contributed by atoms with E-state index in [-0.39, 0.29) is 0 Å². The lowest BCUT2D eigenvalue weighted by atomic mass is 10.2. The minimum absolute atomic E-state index is 0.758. The molecule has 0 N–H and O–H groups in total. The first-order valence-electron chi connectivity index (χ1n) is 4.94. The minimum Gasteiger partial charge on any atom is -0.0866 e. The molecule has 0 bridgehead atoms. The second kappa shape index (κ2) is 6.26. The molecule has 1 aromatic carbocycles. The van der Waals surface area contributed by atoms with Crippen molar-refractivity contribution in [1.82, 2.24) is 0 Å². The van der Waals surface area contributed by atoms with Crippen molar-refractivity contribution in [3.05, 3.63) is 61.8 Å². The lowest BCUT2D eigenvalue weighted by Gasteiger charge is -1.91. The monoisotopic (exact) mass is 296 g/mol. The van der Waals surface area contributed by atoms with Gasteiger partial charge in [0, 0.05) is 16.0 Å². The molecule has 0 aliphatic heterocycles. The van der Waals surface area contributed by atoms with Crippen LogP contribution in [0.4, 0.5) is 0 Å². The number of benzene rings is 1. The Morgan fingerprint density at radius 2 is 1.76 bits per heavy atom. The normalized spacial score (nSPS) is 11.6. The maximum atomic E-state index is 5.81. The highest BCUT2D eigenvalue weighted by molar-refractivity contribution is 7.79. The molecular weight excluding hydrogens is 288 g/mol. The van der Waals surface area contributed by atoms with Crippen LogP contribution in [0.15, 0.2) is 41.8 Å². The molecule has 0 unspecified atom stereocenters. The zero-order valence-electron chi connectivity index (χ0n) is 8.80. The van der Waals surface area contributed by atoms with Crippen LogP contribution in [0.2, 0.25) is 5.02 Å². The van der Waals surface area contributed by atoms with E-state index < -0.39 is 0 Å². The number of allylic oxidation sites excluding steroid dienone is 2. The van der Waals surface area contributed by atoms with Crippen molar-refractivity contribution >= 4 is 56.7 Å². The second-order valence-corrected chi connectivity index (χ2v) is 6.49. The standard InChI is InChI=1S/C13H9ClS3/c14-12-7-5-10(6-8-12)3-1-2-4-11-9-16-17-13(11)15/h1-9H/b3-1+,4-2+. The number of hydrogen-bond donors (Lipinski definition) is 0. The Labute approximate surface area is 118 Å². The maximum Gasteiger partial charge on any atom is 0.109 e. The van der Waals surface area contributed by atoms with E-state index in [0.717, 1.165) is 20.0 Å². The predicted octanol–water partition coefficient (Wildman–Crippen LogP) is 5.92. The van der Waals surface area contributed by atoms with Crippen LogP contribution in [-0.2, 0) is 0 Å². The minimum atomic E-state index is 0.758. The molecule has 0 spiro atoms. The van der Waals surface area contributed by atoms with Crippen LogP contribution < -0.4 is 0 Å². The fourth-order valence-corrected chi connectivity index (χ4v) is 3.64. The molecule has 2 rings (SSSR count). The third kappa shape index (κ3) is 3.89. The first kappa shape index (κ1) is 12.7. The zero-order chi connectivity index (χ0) is 12.1. The molecule has 2 aromatic rings. The second-order valence-electron chi connectivity index (χ2n) is 3.31. The Morgan fingerprint density at radius 1 is 1.06 bits per heavy atom. The summed E-state index contributed by atoms with van der Waals surface area (Å²) < 4.78 is 0.950. The highest BCUT2D eigenvalue weighted by Gasteiger charge is 1.90. The Kier molecular flexibility index (Phi) is 4.68. The van der Waals surface area contributed by atoms with E-state index in [0.29, 0.717) is 0 Å². The average molecular weight is 297 g/mol. The van der Waals surface area contributed by atoms with Gasteiger partial charge in [-0.1, -0.05) is 80.9 Å². The highest BCUT2D eigenvalue weighted by Crippen LogP contribution is 2.18. The van der Waals surface area contributed by atoms with Crippen LogP contribution in [0.1, 0.15) is 11.1 Å². The summed E-state index contributed by atoms with van der Waals surface area (Å²) in [5, 5.41) is 2.83. The summed E-state index contributed by atoms with van der Waals surface area (Å²) in [5.41, 5.74) is 2.25. The molecule has 17 heavy (non-hydrogen) atoms. The van der Waals surface area contributed by atoms with Crippen molar-refractivity contribution in [3.63, 3.8) is 0 Å². The van der Waals surface area contributed by atoms with Crippen molar-refractivity contribution in [2.45, 2.75) is 0 Å². The summed E-state index contributed by atoms with van der Waals surface area (Å²) in [6, 6.07) is 7.73. The van der Waals surface area contributed by atoms with Crippen molar-refractivity contribution in [1.29, 1.82) is 0 Å². The van der Waals surface area contributed by atoms with Gasteiger partial charge in [0.1, 0.15) is 3.82 Å². The molecule has 86 valence electrons. The summed E-state index contributed by atoms with van der Waals surface area (Å²) in [4.78, 5) is 0. The van der Waals surface area contributed by atoms with E-state index in [4.69, 9.17) is 23.8 Å². The van der Waals surface area contributed by atoms with Crippen LogP contribution in [0.25, 0.3) is 12.2 Å². The van der Waals surface area contributed by atoms with E-state index in [9.17, 15) is 0 Å². The van der Waals surface area contributed by atoms with Crippen molar-refractivity contribution in [2.75, 3.05) is 0 Å². The largest absolute Gasteiger partial charge is 0.109 e. The third-order valence-electron chi connectivity index (χ3n) is 2.08. The summed E-state index contributed by atoms with van der Waals surface area (Å²) in [6.07, 6.45) is 8.06. The Bertz CT molecular complexity index is 588. The van der Waals surface area contributed by atoms with Crippen molar-refractivity contribution in [2.24, 2.45) is 0 Å². The van der Waals surface area contributed by atoms with E-state index in [2.05, 4.69) is 5.38 Å². The van der Waals surface area contributed by atoms with E-state index >= 15 is 0 Å². The van der Waals surface area contributed by atoms with Gasteiger partial charge in [-0.25, -0.2) is 0 Å². The van der Waals surface area contributed by atoms with Gasteiger partial charge in [-0.3, -0.25) is 0 Å². The summed E-state index contributed by atoms with van der Waals surface area (Å²) >= 11 is 11.0. The number of rotatable bonds is 3. The van der Waals surface area contributed by atoms with Crippen LogP contribution in [0.5, 0.6) is 0 Å². The Morgan fingerprint density at radius 3 is 2.41 bits per heavy atom. The lowest BCUT2D eigenvalue weighted by Crippen LogP contribution is -1.69. The van der Waals surface area contributed by atoms with Crippen LogP contribution >= 0.6 is 44.5 Å². The number of halogens is 1. The summed E-state index contributed by atoms with van der Waals surface area (Å²) in [5.74, 6) is 0. The third-order valence-corrected chi connectivity index (χ3v) is 5.05. The first-order chi connectivity index (χ1) is 8.25. The van der Waals surface area contributed by atoms with Gasteiger partial charge in [-0.05, 0) is 17.7 Å². The molecule has 0 radical (unpaired) electrons. The van der Waals surface area contributed by atoms with Gasteiger partial charge in [0.25, 0.3) is 0 Å². The van der Waals surface area contributed by atoms with Crippen molar-refractivity contribution < 1.29 is 0 Å². The van der Waals surface area contributed by atoms with E-state index in [1.807, 2.05) is 48.6 Å². The molecule has 0 aliphatic rings. The van der Waals surface area contributed by atoms with Gasteiger partial charge in [0.05, 0.1) is 0 Å². The molecule has 0 amide bonds. The summed E-state index contributed by atoms with van der Waals surface area (Å²) in [7, 11) is 3.30. The van der Waals surface area contributed by atoms with Gasteiger partial charge < -0.3 is 0 Å². The van der Waals surface area contributed by atoms with Crippen molar-refractivity contribution in [3.8, 4) is 0 Å². The fraction of sp³-hybridized carbons (Fsp3) is 0. The smallest absolute Gasteiger partial charge is 0.0866 e. The highest BCUT2D eigenvalue weighted by atomic mass is 35.5. The fourth-order valence-electron chi connectivity index (χ4n) is 1.22. The summed E-state index contributed by atoms with van der Waals surface area (Å²) in [6.45, 7) is 0. The lowest BCUT2D eigenvalue weighted by molar-refractivity contribution is 1.66. The molecule has 1 aromatic heterocycles. The SMILES string of the molecule is S=c1sscc1/C=C/C=C/c1ccc(Cl)cc1. The van der Waals surface area contributed by atoms with E-state index in [1.54, 1.807) is 20.7 Å². The van der Waals surface area contributed by atoms with Gasteiger partial charge in [-0.2, -0.15) is 0 Å². The quantitative estimate of drug-likeness (QED) is 0.385. The molecular formula is C13H9ClS3. The Hall–Kier alpha value is -0.740. The molecule has 1 heterocycles. The number of hydrogen-bond acceptors (Lipinski definition) is 3. The van der Waals surface area contributed by atoms with Gasteiger partial charge >= 0.3 is 0 Å². The van der Waals surface area contributed by atoms with Gasteiger partial charge in [0.15, 0.2) is 0 Å². The molecule has 0 nitrogen and oxygen atoms in total. The van der Waals surface area contributed by atoms with E-state index in [1.165, 1.54) is 0 Å². The molecule has 4 heteroatoms. The van der Waals surface area contributed by atoms with Crippen LogP contribution in [0, 0.1) is 3.82 Å². The first-order valence-corrected chi connectivity index (χ1v) is 7.94. The molecule has 0 saturated carbocycles. The van der Waals surface area contributed by atoms with Crippen LogP contribution in [-0.4, -0.2) is 0 Å². The average Bonchev–Trinajstić information content (AvgIpc) is 2.73. The van der Waals surface area contributed by atoms with Gasteiger partial charge in [-0.15, -0.1) is 0 Å². The molecule has 0 aliphatic carbocycles. The topological polar surface area (TPSA) is 0 Å².